The van der Waals surface area contributed by atoms with E-state index in [-0.39, 0.29) is 54.8 Å². The van der Waals surface area contributed by atoms with Crippen LogP contribution in [0.3, 0.4) is 0 Å². The first-order chi connectivity index (χ1) is 11.1. The quantitative estimate of drug-likeness (QED) is 0.263. The van der Waals surface area contributed by atoms with Crippen molar-refractivity contribution in [3.63, 3.8) is 0 Å². The van der Waals surface area contributed by atoms with Crippen LogP contribution < -0.4 is 16.0 Å². The second-order valence-corrected chi connectivity index (χ2v) is 4.96. The number of halogens is 2. The van der Waals surface area contributed by atoms with Crippen LogP contribution in [0.5, 0.6) is 0 Å². The highest BCUT2D eigenvalue weighted by Crippen LogP contribution is 2.04. The van der Waals surface area contributed by atoms with E-state index in [0.29, 0.717) is 25.6 Å². The second-order valence-electron chi connectivity index (χ2n) is 4.96. The van der Waals surface area contributed by atoms with Gasteiger partial charge in [-0.1, -0.05) is 12.1 Å². The van der Waals surface area contributed by atoms with Crippen LogP contribution in [0.2, 0.25) is 0 Å². The van der Waals surface area contributed by atoms with Crippen molar-refractivity contribution >= 4 is 41.9 Å². The van der Waals surface area contributed by atoms with E-state index in [1.165, 1.54) is 12.1 Å². The summed E-state index contributed by atoms with van der Waals surface area (Å²) in [5.41, 5.74) is 0.760. The Labute approximate surface area is 157 Å². The molecular weight excluding hydrogens is 428 g/mol. The molecule has 132 valence electrons. The summed E-state index contributed by atoms with van der Waals surface area (Å²) in [6, 6.07) is 5.87. The van der Waals surface area contributed by atoms with Gasteiger partial charge >= 0.3 is 6.03 Å². The van der Waals surface area contributed by atoms with Gasteiger partial charge in [0.25, 0.3) is 0 Å². The molecule has 1 saturated heterocycles. The molecule has 3 amide bonds. The van der Waals surface area contributed by atoms with Crippen LogP contribution in [0.4, 0.5) is 9.18 Å². The van der Waals surface area contributed by atoms with E-state index >= 15 is 0 Å². The highest BCUT2D eigenvalue weighted by molar-refractivity contribution is 14.0. The number of rotatable bonds is 6. The number of guanidine groups is 1. The molecule has 0 radical (unpaired) electrons. The van der Waals surface area contributed by atoms with Crippen molar-refractivity contribution in [3.8, 4) is 0 Å². The number of carbonyl (C=O) groups excluding carboxylic acids is 2. The summed E-state index contributed by atoms with van der Waals surface area (Å²) in [5.74, 6) is 0.0107. The van der Waals surface area contributed by atoms with Crippen LogP contribution in [0, 0.1) is 5.82 Å². The Bertz CT molecular complexity index is 595. The Balaban J connectivity index is 0.00000288. The van der Waals surface area contributed by atoms with E-state index in [9.17, 15) is 14.0 Å². The second kappa shape index (κ2) is 10.1. The van der Waals surface area contributed by atoms with Crippen LogP contribution >= 0.6 is 24.0 Å². The van der Waals surface area contributed by atoms with Crippen molar-refractivity contribution in [1.29, 1.82) is 0 Å². The molecule has 1 aliphatic heterocycles. The molecule has 1 aromatic rings. The molecular formula is C15H21FIN5O2. The molecule has 1 aliphatic rings. The highest BCUT2D eigenvalue weighted by atomic mass is 127. The minimum absolute atomic E-state index is 0. The van der Waals surface area contributed by atoms with Gasteiger partial charge in [0, 0.05) is 19.6 Å². The number of imide groups is 1. The van der Waals surface area contributed by atoms with Crippen LogP contribution in [-0.4, -0.2) is 49.0 Å². The fourth-order valence-electron chi connectivity index (χ4n) is 2.12. The molecule has 7 nitrogen and oxygen atoms in total. The summed E-state index contributed by atoms with van der Waals surface area (Å²) < 4.78 is 13.1. The number of hydrogen-bond donors (Lipinski definition) is 3. The maximum atomic E-state index is 13.1. The predicted molar refractivity (Wildman–Crippen MR) is 99.7 cm³/mol. The third kappa shape index (κ3) is 5.95. The molecule has 0 spiro atoms. The van der Waals surface area contributed by atoms with Gasteiger partial charge in [-0.05, 0) is 24.6 Å². The molecule has 0 unspecified atom stereocenters. The molecule has 0 atom stereocenters. The molecule has 3 N–H and O–H groups in total. The minimum atomic E-state index is -0.376. The molecule has 1 heterocycles. The number of nitrogens with zero attached hydrogens (tertiary/aromatic N) is 2. The smallest absolute Gasteiger partial charge is 0.324 e. The van der Waals surface area contributed by atoms with Gasteiger partial charge in [0.05, 0.1) is 13.1 Å². The van der Waals surface area contributed by atoms with Crippen molar-refractivity contribution < 1.29 is 14.0 Å². The Kier molecular flexibility index (Phi) is 8.44. The molecule has 0 bridgehead atoms. The Hall–Kier alpha value is -1.91. The Morgan fingerprint density at radius 3 is 2.79 bits per heavy atom. The van der Waals surface area contributed by atoms with Crippen LogP contribution in [0.25, 0.3) is 0 Å². The number of carbonyl (C=O) groups is 2. The molecule has 0 saturated carbocycles. The number of benzene rings is 1. The number of amides is 3. The van der Waals surface area contributed by atoms with Gasteiger partial charge in [-0.3, -0.25) is 9.69 Å². The standard InChI is InChI=1S/C15H20FN5O2.HI/c1-2-17-14(19-9-11-4-3-5-12(16)8-11)18-6-7-21-13(22)10-20-15(21)23;/h3-5,8H,2,6-7,9-10H2,1H3,(H,20,23)(H2,17,18,19);1H. The lowest BCUT2D eigenvalue weighted by Crippen LogP contribution is -2.43. The van der Waals surface area contributed by atoms with Crippen molar-refractivity contribution in [2.45, 2.75) is 13.5 Å². The van der Waals surface area contributed by atoms with E-state index in [0.717, 1.165) is 10.5 Å². The summed E-state index contributed by atoms with van der Waals surface area (Å²) in [6.45, 7) is 3.61. The van der Waals surface area contributed by atoms with E-state index in [1.54, 1.807) is 12.1 Å². The highest BCUT2D eigenvalue weighted by Gasteiger charge is 2.27. The first-order valence-corrected chi connectivity index (χ1v) is 7.45. The molecule has 2 rings (SSSR count). The first kappa shape index (κ1) is 20.1. The number of hydrogen-bond acceptors (Lipinski definition) is 3. The number of nitrogens with one attached hydrogen (secondary N) is 3. The monoisotopic (exact) mass is 449 g/mol. The molecule has 1 aromatic carbocycles. The van der Waals surface area contributed by atoms with Crippen molar-refractivity contribution in [2.24, 2.45) is 4.99 Å². The third-order valence-electron chi connectivity index (χ3n) is 3.22. The first-order valence-electron chi connectivity index (χ1n) is 7.45. The van der Waals surface area contributed by atoms with E-state index in [4.69, 9.17) is 0 Å². The average Bonchev–Trinajstić information content (AvgIpc) is 2.84. The van der Waals surface area contributed by atoms with Crippen LogP contribution in [0.15, 0.2) is 29.3 Å². The fourth-order valence-corrected chi connectivity index (χ4v) is 2.12. The zero-order valence-corrected chi connectivity index (χ0v) is 15.7. The van der Waals surface area contributed by atoms with Gasteiger partial charge in [-0.15, -0.1) is 24.0 Å². The molecule has 1 fully saturated rings. The van der Waals surface area contributed by atoms with Crippen LogP contribution in [-0.2, 0) is 11.3 Å². The lowest BCUT2D eigenvalue weighted by atomic mass is 10.2. The summed E-state index contributed by atoms with van der Waals surface area (Å²) in [5, 5.41) is 8.56. The van der Waals surface area contributed by atoms with Crippen molar-refractivity contribution in [2.75, 3.05) is 26.2 Å². The van der Waals surface area contributed by atoms with Crippen molar-refractivity contribution in [1.82, 2.24) is 20.9 Å². The van der Waals surface area contributed by atoms with Gasteiger partial charge in [0.2, 0.25) is 5.91 Å². The molecule has 9 heteroatoms. The van der Waals surface area contributed by atoms with E-state index in [2.05, 4.69) is 20.9 Å². The molecule has 0 aliphatic carbocycles. The van der Waals surface area contributed by atoms with Gasteiger partial charge in [0.1, 0.15) is 5.82 Å². The zero-order chi connectivity index (χ0) is 16.7. The maximum absolute atomic E-state index is 13.1. The summed E-state index contributed by atoms with van der Waals surface area (Å²) >= 11 is 0. The normalized spacial score (nSPS) is 14.2. The Morgan fingerprint density at radius 2 is 2.17 bits per heavy atom. The average molecular weight is 449 g/mol. The summed E-state index contributed by atoms with van der Waals surface area (Å²) in [4.78, 5) is 28.4. The fraction of sp³-hybridized carbons (Fsp3) is 0.400. The Morgan fingerprint density at radius 1 is 1.38 bits per heavy atom. The van der Waals surface area contributed by atoms with E-state index < -0.39 is 0 Å². The van der Waals surface area contributed by atoms with Crippen molar-refractivity contribution in [3.05, 3.63) is 35.6 Å². The maximum Gasteiger partial charge on any atom is 0.324 e. The van der Waals surface area contributed by atoms with Crippen LogP contribution in [0.1, 0.15) is 12.5 Å². The van der Waals surface area contributed by atoms with Gasteiger partial charge in [-0.2, -0.15) is 0 Å². The minimum Gasteiger partial charge on any atom is -0.357 e. The summed E-state index contributed by atoms with van der Waals surface area (Å²) in [7, 11) is 0. The largest absolute Gasteiger partial charge is 0.357 e. The number of urea groups is 1. The van der Waals surface area contributed by atoms with Gasteiger partial charge in [-0.25, -0.2) is 14.2 Å². The molecule has 0 aromatic heterocycles. The summed E-state index contributed by atoms with van der Waals surface area (Å²) in [6.07, 6.45) is 0. The third-order valence-corrected chi connectivity index (χ3v) is 3.22. The van der Waals surface area contributed by atoms with E-state index in [1.807, 2.05) is 6.92 Å². The topological polar surface area (TPSA) is 85.8 Å². The zero-order valence-electron chi connectivity index (χ0n) is 13.3. The lowest BCUT2D eigenvalue weighted by Gasteiger charge is -2.15. The number of aliphatic imine (C=N–C) groups is 1. The molecule has 24 heavy (non-hydrogen) atoms. The predicted octanol–water partition coefficient (Wildman–Crippen LogP) is 1.05. The van der Waals surface area contributed by atoms with Gasteiger partial charge < -0.3 is 16.0 Å². The van der Waals surface area contributed by atoms with Gasteiger partial charge in [0.15, 0.2) is 5.96 Å². The SMILES string of the molecule is CCNC(=NCc1cccc(F)c1)NCCN1C(=O)CNC1=O.I. The lowest BCUT2D eigenvalue weighted by molar-refractivity contribution is -0.124.